The van der Waals surface area contributed by atoms with Gasteiger partial charge in [-0.3, -0.25) is 0 Å². The SMILES string of the molecule is N[C@@H]1c2nncn2C[C@H]1c1c(F)cc(Br)cc1F. The Bertz CT molecular complexity index is 590. The summed E-state index contributed by atoms with van der Waals surface area (Å²) in [6, 6.07) is 1.94. The first-order valence-corrected chi connectivity index (χ1v) is 6.15. The van der Waals surface area contributed by atoms with Gasteiger partial charge in [0, 0.05) is 22.5 Å². The van der Waals surface area contributed by atoms with Crippen molar-refractivity contribution in [2.75, 3.05) is 0 Å². The standard InChI is InChI=1S/C11H9BrF2N4/c12-5-1-7(13)9(8(14)2-5)6-3-18-4-16-17-11(18)10(6)15/h1-2,4,6,10H,3,15H2/t6-,10-/m0/s1. The zero-order chi connectivity index (χ0) is 12.9. The summed E-state index contributed by atoms with van der Waals surface area (Å²) in [5, 5.41) is 7.58. The highest BCUT2D eigenvalue weighted by atomic mass is 79.9. The van der Waals surface area contributed by atoms with Crippen molar-refractivity contribution >= 4 is 15.9 Å². The fourth-order valence-electron chi connectivity index (χ4n) is 2.35. The number of halogens is 3. The van der Waals surface area contributed by atoms with E-state index in [-0.39, 0.29) is 5.56 Å². The summed E-state index contributed by atoms with van der Waals surface area (Å²) in [6.07, 6.45) is 1.52. The molecule has 1 aromatic carbocycles. The molecular weight excluding hydrogens is 306 g/mol. The second kappa shape index (κ2) is 4.10. The number of hydrogen-bond donors (Lipinski definition) is 1. The number of aromatic nitrogens is 3. The van der Waals surface area contributed by atoms with Crippen molar-refractivity contribution in [2.45, 2.75) is 18.5 Å². The molecule has 94 valence electrons. The molecule has 2 atom stereocenters. The quantitative estimate of drug-likeness (QED) is 0.877. The molecule has 2 heterocycles. The summed E-state index contributed by atoms with van der Waals surface area (Å²) < 4.78 is 29.9. The molecule has 4 nitrogen and oxygen atoms in total. The van der Waals surface area contributed by atoms with Crippen molar-refractivity contribution in [1.82, 2.24) is 14.8 Å². The Hall–Kier alpha value is -1.34. The second-order valence-electron chi connectivity index (χ2n) is 4.26. The smallest absolute Gasteiger partial charge is 0.150 e. The molecule has 1 aliphatic heterocycles. The van der Waals surface area contributed by atoms with Crippen LogP contribution in [0.25, 0.3) is 0 Å². The normalized spacial score (nSPS) is 22.2. The fraction of sp³-hybridized carbons (Fsp3) is 0.273. The molecule has 0 saturated carbocycles. The van der Waals surface area contributed by atoms with Crippen LogP contribution in [-0.2, 0) is 6.54 Å². The van der Waals surface area contributed by atoms with Gasteiger partial charge in [-0.15, -0.1) is 10.2 Å². The van der Waals surface area contributed by atoms with Gasteiger partial charge in [-0.2, -0.15) is 0 Å². The van der Waals surface area contributed by atoms with E-state index in [0.29, 0.717) is 16.8 Å². The predicted molar refractivity (Wildman–Crippen MR) is 63.7 cm³/mol. The lowest BCUT2D eigenvalue weighted by molar-refractivity contribution is 0.480. The number of hydrogen-bond acceptors (Lipinski definition) is 3. The number of benzene rings is 1. The van der Waals surface area contributed by atoms with Gasteiger partial charge in [0.15, 0.2) is 0 Å². The lowest BCUT2D eigenvalue weighted by Gasteiger charge is -2.16. The molecule has 0 aliphatic carbocycles. The Balaban J connectivity index is 2.06. The van der Waals surface area contributed by atoms with Crippen LogP contribution in [0.2, 0.25) is 0 Å². The van der Waals surface area contributed by atoms with Crippen molar-refractivity contribution < 1.29 is 8.78 Å². The van der Waals surface area contributed by atoms with E-state index in [0.717, 1.165) is 0 Å². The van der Waals surface area contributed by atoms with Crippen LogP contribution in [0.5, 0.6) is 0 Å². The number of fused-ring (bicyclic) bond motifs is 1. The number of rotatable bonds is 1. The average molecular weight is 315 g/mol. The molecule has 2 N–H and O–H groups in total. The minimum atomic E-state index is -0.596. The van der Waals surface area contributed by atoms with Gasteiger partial charge in [0.25, 0.3) is 0 Å². The molecule has 0 radical (unpaired) electrons. The summed E-state index contributed by atoms with van der Waals surface area (Å²) >= 11 is 3.05. The zero-order valence-corrected chi connectivity index (χ0v) is 10.7. The van der Waals surface area contributed by atoms with Gasteiger partial charge in [-0.25, -0.2) is 8.78 Å². The van der Waals surface area contributed by atoms with Gasteiger partial charge in [0.2, 0.25) is 0 Å². The fourth-order valence-corrected chi connectivity index (χ4v) is 2.75. The average Bonchev–Trinajstić information content (AvgIpc) is 2.82. The zero-order valence-electron chi connectivity index (χ0n) is 9.15. The first-order valence-electron chi connectivity index (χ1n) is 5.35. The summed E-state index contributed by atoms with van der Waals surface area (Å²) in [6.45, 7) is 0.388. The van der Waals surface area contributed by atoms with Crippen LogP contribution in [0, 0.1) is 11.6 Å². The van der Waals surface area contributed by atoms with Crippen LogP contribution in [0.3, 0.4) is 0 Å². The van der Waals surface area contributed by atoms with E-state index in [4.69, 9.17) is 5.73 Å². The molecule has 1 aromatic heterocycles. The van der Waals surface area contributed by atoms with E-state index < -0.39 is 23.6 Å². The van der Waals surface area contributed by atoms with E-state index >= 15 is 0 Å². The van der Waals surface area contributed by atoms with Crippen LogP contribution < -0.4 is 5.73 Å². The predicted octanol–water partition coefficient (Wildman–Crippen LogP) is 2.12. The van der Waals surface area contributed by atoms with Crippen molar-refractivity contribution in [3.8, 4) is 0 Å². The van der Waals surface area contributed by atoms with E-state index in [9.17, 15) is 8.78 Å². The van der Waals surface area contributed by atoms with Gasteiger partial charge in [-0.05, 0) is 12.1 Å². The highest BCUT2D eigenvalue weighted by Crippen LogP contribution is 2.38. The third-order valence-electron chi connectivity index (χ3n) is 3.19. The number of nitrogens with zero attached hydrogens (tertiary/aromatic N) is 3. The molecule has 0 spiro atoms. The molecule has 3 rings (SSSR count). The van der Waals surface area contributed by atoms with E-state index in [2.05, 4.69) is 26.1 Å². The molecule has 7 heteroatoms. The molecule has 0 unspecified atom stereocenters. The van der Waals surface area contributed by atoms with Crippen molar-refractivity contribution in [3.63, 3.8) is 0 Å². The Kier molecular flexibility index (Phi) is 2.67. The number of nitrogens with two attached hydrogens (primary N) is 1. The minimum Gasteiger partial charge on any atom is -0.321 e. The third-order valence-corrected chi connectivity index (χ3v) is 3.64. The van der Waals surface area contributed by atoms with Gasteiger partial charge in [0.1, 0.15) is 23.8 Å². The maximum absolute atomic E-state index is 13.9. The lowest BCUT2D eigenvalue weighted by Crippen LogP contribution is -2.18. The van der Waals surface area contributed by atoms with E-state index in [1.807, 2.05) is 0 Å². The molecule has 2 aromatic rings. The maximum atomic E-state index is 13.9. The minimum absolute atomic E-state index is 0.0104. The van der Waals surface area contributed by atoms with E-state index in [1.165, 1.54) is 18.5 Å². The third kappa shape index (κ3) is 1.65. The molecular formula is C11H9BrF2N4. The Morgan fingerprint density at radius 2 is 2.00 bits per heavy atom. The van der Waals surface area contributed by atoms with Crippen LogP contribution >= 0.6 is 15.9 Å². The van der Waals surface area contributed by atoms with Gasteiger partial charge in [0.05, 0.1) is 6.04 Å². The molecule has 0 bridgehead atoms. The molecule has 1 aliphatic rings. The van der Waals surface area contributed by atoms with Gasteiger partial charge in [-0.1, -0.05) is 15.9 Å². The summed E-state index contributed by atoms with van der Waals surface area (Å²) in [5.74, 6) is -1.09. The monoisotopic (exact) mass is 314 g/mol. The molecule has 18 heavy (non-hydrogen) atoms. The van der Waals surface area contributed by atoms with Crippen molar-refractivity contribution in [3.05, 3.63) is 46.0 Å². The summed E-state index contributed by atoms with van der Waals surface area (Å²) in [4.78, 5) is 0. The lowest BCUT2D eigenvalue weighted by atomic mass is 9.93. The maximum Gasteiger partial charge on any atom is 0.150 e. The van der Waals surface area contributed by atoms with Crippen molar-refractivity contribution in [1.29, 1.82) is 0 Å². The van der Waals surface area contributed by atoms with Crippen LogP contribution in [0.15, 0.2) is 22.9 Å². The van der Waals surface area contributed by atoms with E-state index in [1.54, 1.807) is 4.57 Å². The van der Waals surface area contributed by atoms with Gasteiger partial charge < -0.3 is 10.3 Å². The van der Waals surface area contributed by atoms with Gasteiger partial charge >= 0.3 is 0 Å². The van der Waals surface area contributed by atoms with Crippen LogP contribution in [0.4, 0.5) is 8.78 Å². The Morgan fingerprint density at radius 3 is 2.61 bits per heavy atom. The first-order chi connectivity index (χ1) is 8.58. The van der Waals surface area contributed by atoms with Crippen LogP contribution in [0.1, 0.15) is 23.3 Å². The summed E-state index contributed by atoms with van der Waals surface area (Å²) in [7, 11) is 0. The molecule has 0 amide bonds. The van der Waals surface area contributed by atoms with Crippen molar-refractivity contribution in [2.24, 2.45) is 5.73 Å². The largest absolute Gasteiger partial charge is 0.321 e. The summed E-state index contributed by atoms with van der Waals surface area (Å²) in [5.41, 5.74) is 5.98. The topological polar surface area (TPSA) is 56.7 Å². The first kappa shape index (κ1) is 11.7. The molecule has 0 saturated heterocycles. The van der Waals surface area contributed by atoms with Crippen LogP contribution in [-0.4, -0.2) is 14.8 Å². The second-order valence-corrected chi connectivity index (χ2v) is 5.17. The highest BCUT2D eigenvalue weighted by molar-refractivity contribution is 9.10. The highest BCUT2D eigenvalue weighted by Gasteiger charge is 2.36. The molecule has 0 fully saturated rings. The Morgan fingerprint density at radius 1 is 1.33 bits per heavy atom. The Labute approximate surface area is 110 Å².